The number of methoxy groups -OCH3 is 3. The Kier molecular flexibility index (Phi) is 7.97. The summed E-state index contributed by atoms with van der Waals surface area (Å²) in [4.78, 5) is 0. The first-order chi connectivity index (χ1) is 9.31. The fraction of sp³-hybridized carbons (Fsp3) is 0.571. The third kappa shape index (κ3) is 5.92. The van der Waals surface area contributed by atoms with Gasteiger partial charge in [0.2, 0.25) is 0 Å². The van der Waals surface area contributed by atoms with Crippen LogP contribution in [0.25, 0.3) is 0 Å². The molecule has 5 heteroatoms. The van der Waals surface area contributed by atoms with Gasteiger partial charge in [-0.05, 0) is 18.2 Å². The molecule has 0 aliphatic carbocycles. The van der Waals surface area contributed by atoms with Gasteiger partial charge in [-0.2, -0.15) is 0 Å². The van der Waals surface area contributed by atoms with Crippen molar-refractivity contribution in [3.05, 3.63) is 23.8 Å². The SMILES string of the molecule is COCCNCc1cc(OC)ccc1OCCOC. The van der Waals surface area contributed by atoms with E-state index in [4.69, 9.17) is 18.9 Å². The molecule has 1 N–H and O–H groups in total. The lowest BCUT2D eigenvalue weighted by Gasteiger charge is -2.13. The predicted octanol–water partition coefficient (Wildman–Crippen LogP) is 1.46. The van der Waals surface area contributed by atoms with E-state index in [1.54, 1.807) is 21.3 Å². The Morgan fingerprint density at radius 3 is 2.47 bits per heavy atom. The third-order valence-corrected chi connectivity index (χ3v) is 2.61. The van der Waals surface area contributed by atoms with Gasteiger partial charge in [0.15, 0.2) is 0 Å². The van der Waals surface area contributed by atoms with Gasteiger partial charge in [-0.1, -0.05) is 0 Å². The molecule has 0 fully saturated rings. The summed E-state index contributed by atoms with van der Waals surface area (Å²) in [5, 5.41) is 3.29. The second-order valence-corrected chi connectivity index (χ2v) is 3.98. The average Bonchev–Trinajstić information content (AvgIpc) is 2.45. The molecular weight excluding hydrogens is 246 g/mol. The van der Waals surface area contributed by atoms with E-state index in [1.165, 1.54) is 0 Å². The number of hydrogen-bond donors (Lipinski definition) is 1. The molecule has 0 aliphatic rings. The Bertz CT molecular complexity index is 357. The third-order valence-electron chi connectivity index (χ3n) is 2.61. The minimum Gasteiger partial charge on any atom is -0.497 e. The number of rotatable bonds is 10. The summed E-state index contributed by atoms with van der Waals surface area (Å²) in [7, 11) is 5.00. The highest BCUT2D eigenvalue weighted by Crippen LogP contribution is 2.24. The lowest BCUT2D eigenvalue weighted by Crippen LogP contribution is -2.19. The molecule has 0 atom stereocenters. The maximum atomic E-state index is 5.68. The zero-order chi connectivity index (χ0) is 13.9. The highest BCUT2D eigenvalue weighted by Gasteiger charge is 2.05. The van der Waals surface area contributed by atoms with Crippen molar-refractivity contribution in [1.82, 2.24) is 5.32 Å². The molecule has 0 saturated carbocycles. The summed E-state index contributed by atoms with van der Waals surface area (Å²) in [6.45, 7) is 3.30. The van der Waals surface area contributed by atoms with Crippen LogP contribution in [0.15, 0.2) is 18.2 Å². The molecule has 0 saturated heterocycles. The fourth-order valence-electron chi connectivity index (χ4n) is 1.59. The van der Waals surface area contributed by atoms with Crippen LogP contribution in [0.1, 0.15) is 5.56 Å². The Labute approximate surface area is 114 Å². The van der Waals surface area contributed by atoms with Crippen LogP contribution in [0.3, 0.4) is 0 Å². The monoisotopic (exact) mass is 269 g/mol. The molecule has 0 radical (unpaired) electrons. The first kappa shape index (κ1) is 15.8. The fourth-order valence-corrected chi connectivity index (χ4v) is 1.59. The first-order valence-electron chi connectivity index (χ1n) is 6.30. The number of benzene rings is 1. The molecule has 1 rings (SSSR count). The summed E-state index contributed by atoms with van der Waals surface area (Å²) < 4.78 is 20.9. The van der Waals surface area contributed by atoms with Gasteiger partial charge in [0.05, 0.1) is 20.3 Å². The minimum absolute atomic E-state index is 0.536. The van der Waals surface area contributed by atoms with Crippen molar-refractivity contribution in [1.29, 1.82) is 0 Å². The smallest absolute Gasteiger partial charge is 0.124 e. The Hall–Kier alpha value is -1.30. The van der Waals surface area contributed by atoms with E-state index in [0.717, 1.165) is 23.6 Å². The van der Waals surface area contributed by atoms with Crippen molar-refractivity contribution in [2.75, 3.05) is 47.7 Å². The highest BCUT2D eigenvalue weighted by molar-refractivity contribution is 5.40. The molecule has 0 amide bonds. The van der Waals surface area contributed by atoms with Gasteiger partial charge in [-0.25, -0.2) is 0 Å². The van der Waals surface area contributed by atoms with E-state index in [9.17, 15) is 0 Å². The van der Waals surface area contributed by atoms with Crippen LogP contribution in [-0.2, 0) is 16.0 Å². The molecule has 0 bridgehead atoms. The summed E-state index contributed by atoms with van der Waals surface area (Å²) in [5.74, 6) is 1.67. The van der Waals surface area contributed by atoms with Crippen molar-refractivity contribution in [2.45, 2.75) is 6.54 Å². The van der Waals surface area contributed by atoms with Crippen molar-refractivity contribution >= 4 is 0 Å². The lowest BCUT2D eigenvalue weighted by molar-refractivity contribution is 0.145. The molecule has 19 heavy (non-hydrogen) atoms. The van der Waals surface area contributed by atoms with E-state index < -0.39 is 0 Å². The van der Waals surface area contributed by atoms with Crippen LogP contribution in [0, 0.1) is 0 Å². The summed E-state index contributed by atoms with van der Waals surface area (Å²) in [5.41, 5.74) is 1.06. The zero-order valence-electron chi connectivity index (χ0n) is 11.9. The van der Waals surface area contributed by atoms with E-state index in [1.807, 2.05) is 18.2 Å². The molecule has 1 aromatic rings. The summed E-state index contributed by atoms with van der Waals surface area (Å²) in [6, 6.07) is 5.78. The second-order valence-electron chi connectivity index (χ2n) is 3.98. The van der Waals surface area contributed by atoms with Crippen molar-refractivity contribution < 1.29 is 18.9 Å². The Balaban J connectivity index is 2.60. The summed E-state index contributed by atoms with van der Waals surface area (Å²) in [6.07, 6.45) is 0. The van der Waals surface area contributed by atoms with Gasteiger partial charge in [-0.3, -0.25) is 0 Å². The molecule has 0 heterocycles. The van der Waals surface area contributed by atoms with Crippen LogP contribution in [0.2, 0.25) is 0 Å². The van der Waals surface area contributed by atoms with Gasteiger partial charge >= 0.3 is 0 Å². The molecule has 0 aromatic heterocycles. The van der Waals surface area contributed by atoms with Crippen molar-refractivity contribution in [3.8, 4) is 11.5 Å². The molecule has 108 valence electrons. The van der Waals surface area contributed by atoms with Gasteiger partial charge in [0, 0.05) is 32.9 Å². The van der Waals surface area contributed by atoms with Gasteiger partial charge in [0.25, 0.3) is 0 Å². The number of hydrogen-bond acceptors (Lipinski definition) is 5. The van der Waals surface area contributed by atoms with Crippen LogP contribution >= 0.6 is 0 Å². The average molecular weight is 269 g/mol. The van der Waals surface area contributed by atoms with E-state index in [-0.39, 0.29) is 0 Å². The molecule has 0 aliphatic heterocycles. The summed E-state index contributed by atoms with van der Waals surface area (Å²) >= 11 is 0. The van der Waals surface area contributed by atoms with E-state index in [0.29, 0.717) is 26.4 Å². The van der Waals surface area contributed by atoms with Crippen LogP contribution in [0.5, 0.6) is 11.5 Å². The maximum Gasteiger partial charge on any atom is 0.124 e. The van der Waals surface area contributed by atoms with E-state index in [2.05, 4.69) is 5.32 Å². The predicted molar refractivity (Wildman–Crippen MR) is 73.9 cm³/mol. The zero-order valence-corrected chi connectivity index (χ0v) is 11.9. The van der Waals surface area contributed by atoms with Gasteiger partial charge in [-0.15, -0.1) is 0 Å². The quantitative estimate of drug-likeness (QED) is 0.652. The van der Waals surface area contributed by atoms with Crippen LogP contribution in [-0.4, -0.2) is 47.7 Å². The molecule has 5 nitrogen and oxygen atoms in total. The number of nitrogens with one attached hydrogen (secondary N) is 1. The Morgan fingerprint density at radius 1 is 1.00 bits per heavy atom. The lowest BCUT2D eigenvalue weighted by atomic mass is 10.2. The maximum absolute atomic E-state index is 5.68. The molecule has 1 aromatic carbocycles. The van der Waals surface area contributed by atoms with Gasteiger partial charge in [0.1, 0.15) is 18.1 Å². The largest absolute Gasteiger partial charge is 0.497 e. The molecule has 0 spiro atoms. The number of ether oxygens (including phenoxy) is 4. The Morgan fingerprint density at radius 2 is 1.79 bits per heavy atom. The topological polar surface area (TPSA) is 49.0 Å². The van der Waals surface area contributed by atoms with Crippen LogP contribution < -0.4 is 14.8 Å². The highest BCUT2D eigenvalue weighted by atomic mass is 16.5. The van der Waals surface area contributed by atoms with Crippen LogP contribution in [0.4, 0.5) is 0 Å². The molecular formula is C14H23NO4. The van der Waals surface area contributed by atoms with E-state index >= 15 is 0 Å². The minimum atomic E-state index is 0.536. The first-order valence-corrected chi connectivity index (χ1v) is 6.30. The normalized spacial score (nSPS) is 10.5. The van der Waals surface area contributed by atoms with Gasteiger partial charge < -0.3 is 24.3 Å². The van der Waals surface area contributed by atoms with Crippen molar-refractivity contribution in [3.63, 3.8) is 0 Å². The van der Waals surface area contributed by atoms with Crippen molar-refractivity contribution in [2.24, 2.45) is 0 Å². The standard InChI is InChI=1S/C14H23NO4/c1-16-7-6-15-11-12-10-13(18-3)4-5-14(12)19-9-8-17-2/h4-5,10,15H,6-9,11H2,1-3H3. The molecule has 0 unspecified atom stereocenters. The second kappa shape index (κ2) is 9.61.